The third kappa shape index (κ3) is 4.23. The maximum atomic E-state index is 12.0. The van der Waals surface area contributed by atoms with Crippen molar-refractivity contribution in [2.45, 2.75) is 12.8 Å². The zero-order chi connectivity index (χ0) is 13.0. The molecule has 0 bridgehead atoms. The van der Waals surface area contributed by atoms with Gasteiger partial charge in [0.05, 0.1) is 13.2 Å². The van der Waals surface area contributed by atoms with Gasteiger partial charge in [0.15, 0.2) is 0 Å². The van der Waals surface area contributed by atoms with Gasteiger partial charge in [-0.25, -0.2) is 0 Å². The molecule has 1 amide bonds. The molecule has 5 nitrogen and oxygen atoms in total. The molecule has 1 saturated carbocycles. The molecule has 2 fully saturated rings. The van der Waals surface area contributed by atoms with Gasteiger partial charge in [0.2, 0.25) is 5.91 Å². The van der Waals surface area contributed by atoms with Crippen LogP contribution < -0.4 is 0 Å². The number of amides is 1. The van der Waals surface area contributed by atoms with Crippen molar-refractivity contribution in [3.05, 3.63) is 0 Å². The number of carbonyl (C=O) groups excluding carboxylic acids is 1. The maximum absolute atomic E-state index is 12.0. The summed E-state index contributed by atoms with van der Waals surface area (Å²) in [6, 6.07) is 0. The number of piperazine rings is 1. The first-order chi connectivity index (χ1) is 8.69. The summed E-state index contributed by atoms with van der Waals surface area (Å²) in [6.07, 6.45) is 2.58. The molecule has 0 unspecified atom stereocenters. The summed E-state index contributed by atoms with van der Waals surface area (Å²) in [5.41, 5.74) is 0. The van der Waals surface area contributed by atoms with E-state index in [4.69, 9.17) is 5.11 Å². The van der Waals surface area contributed by atoms with Gasteiger partial charge in [-0.2, -0.15) is 0 Å². The number of nitrogens with zero attached hydrogens (tertiary/aromatic N) is 3. The maximum Gasteiger partial charge on any atom is 0.236 e. The molecule has 0 radical (unpaired) electrons. The normalized spacial score (nSPS) is 22.1. The Morgan fingerprint density at radius 1 is 1.22 bits per heavy atom. The minimum atomic E-state index is 0.225. The molecule has 1 heterocycles. The lowest BCUT2D eigenvalue weighted by molar-refractivity contribution is -0.131. The van der Waals surface area contributed by atoms with Crippen LogP contribution >= 0.6 is 0 Å². The van der Waals surface area contributed by atoms with Crippen molar-refractivity contribution in [3.63, 3.8) is 0 Å². The lowest BCUT2D eigenvalue weighted by atomic mass is 10.3. The Balaban J connectivity index is 1.65. The first-order valence-electron chi connectivity index (χ1n) is 6.98. The van der Waals surface area contributed by atoms with E-state index in [0.29, 0.717) is 6.54 Å². The zero-order valence-corrected chi connectivity index (χ0v) is 11.3. The van der Waals surface area contributed by atoms with Gasteiger partial charge in [-0.3, -0.25) is 14.6 Å². The van der Waals surface area contributed by atoms with Gasteiger partial charge in [0.25, 0.3) is 0 Å². The first-order valence-corrected chi connectivity index (χ1v) is 6.98. The van der Waals surface area contributed by atoms with Gasteiger partial charge in [0, 0.05) is 46.3 Å². The number of hydrogen-bond donors (Lipinski definition) is 1. The van der Waals surface area contributed by atoms with Crippen LogP contribution in [0.2, 0.25) is 0 Å². The first kappa shape index (κ1) is 13.8. The molecule has 104 valence electrons. The fourth-order valence-electron chi connectivity index (χ4n) is 2.41. The van der Waals surface area contributed by atoms with Crippen LogP contribution in [0.3, 0.4) is 0 Å². The van der Waals surface area contributed by atoms with Gasteiger partial charge in [-0.1, -0.05) is 0 Å². The molecular formula is C13H25N3O2. The number of rotatable bonds is 6. The third-order valence-electron chi connectivity index (χ3n) is 3.89. The Morgan fingerprint density at radius 3 is 2.39 bits per heavy atom. The standard InChI is InChI=1S/C13H25N3O2/c1-14(10-12-2-3-12)13(18)11-16-6-4-15(5-7-16)8-9-17/h12,17H,2-11H2,1H3. The van der Waals surface area contributed by atoms with E-state index < -0.39 is 0 Å². The number of aliphatic hydroxyl groups excluding tert-OH is 1. The average molecular weight is 255 g/mol. The molecule has 5 heteroatoms. The van der Waals surface area contributed by atoms with Crippen LogP contribution in [0.4, 0.5) is 0 Å². The average Bonchev–Trinajstić information content (AvgIpc) is 3.16. The summed E-state index contributed by atoms with van der Waals surface area (Å²) in [5.74, 6) is 1.01. The second kappa shape index (κ2) is 6.50. The number of β-amino-alcohol motifs (C(OH)–C–C–N with tert-alkyl or cyclic N) is 1. The summed E-state index contributed by atoms with van der Waals surface area (Å²) >= 11 is 0. The SMILES string of the molecule is CN(CC1CC1)C(=O)CN1CCN(CCO)CC1. The summed E-state index contributed by atoms with van der Waals surface area (Å²) in [7, 11) is 1.92. The van der Waals surface area contributed by atoms with Crippen LogP contribution in [0.15, 0.2) is 0 Å². The Hall–Kier alpha value is -0.650. The monoisotopic (exact) mass is 255 g/mol. The van der Waals surface area contributed by atoms with Crippen molar-refractivity contribution in [3.8, 4) is 0 Å². The molecule has 0 aromatic heterocycles. The predicted octanol–water partition coefficient (Wildman–Crippen LogP) is -0.535. The van der Waals surface area contributed by atoms with Crippen molar-refractivity contribution >= 4 is 5.91 Å². The number of hydrogen-bond acceptors (Lipinski definition) is 4. The van der Waals surface area contributed by atoms with E-state index in [1.807, 2.05) is 11.9 Å². The van der Waals surface area contributed by atoms with E-state index in [-0.39, 0.29) is 12.5 Å². The summed E-state index contributed by atoms with van der Waals surface area (Å²) in [6.45, 7) is 6.25. The lowest BCUT2D eigenvalue weighted by Gasteiger charge is -2.34. The van der Waals surface area contributed by atoms with Gasteiger partial charge in [-0.15, -0.1) is 0 Å². The molecule has 0 spiro atoms. The largest absolute Gasteiger partial charge is 0.395 e. The van der Waals surface area contributed by atoms with Crippen molar-refractivity contribution in [1.29, 1.82) is 0 Å². The second-order valence-corrected chi connectivity index (χ2v) is 5.56. The Kier molecular flexibility index (Phi) is 4.97. The highest BCUT2D eigenvalue weighted by atomic mass is 16.3. The molecule has 0 aromatic rings. The molecule has 1 aliphatic carbocycles. The second-order valence-electron chi connectivity index (χ2n) is 5.56. The summed E-state index contributed by atoms with van der Waals surface area (Å²) in [5, 5.41) is 8.88. The van der Waals surface area contributed by atoms with Crippen molar-refractivity contribution in [1.82, 2.24) is 14.7 Å². The fraction of sp³-hybridized carbons (Fsp3) is 0.923. The van der Waals surface area contributed by atoms with Crippen molar-refractivity contribution in [2.24, 2.45) is 5.92 Å². The molecule has 1 N–H and O–H groups in total. The molecule has 0 aromatic carbocycles. The smallest absolute Gasteiger partial charge is 0.236 e. The number of aliphatic hydroxyl groups is 1. The van der Waals surface area contributed by atoms with Gasteiger partial charge >= 0.3 is 0 Å². The van der Waals surface area contributed by atoms with Crippen LogP contribution in [0.5, 0.6) is 0 Å². The predicted molar refractivity (Wildman–Crippen MR) is 70.3 cm³/mol. The van der Waals surface area contributed by atoms with Gasteiger partial charge < -0.3 is 10.0 Å². The van der Waals surface area contributed by atoms with Crippen LogP contribution in [0, 0.1) is 5.92 Å². The third-order valence-corrected chi connectivity index (χ3v) is 3.89. The zero-order valence-electron chi connectivity index (χ0n) is 11.3. The number of likely N-dealkylation sites (N-methyl/N-ethyl adjacent to an activating group) is 1. The molecular weight excluding hydrogens is 230 g/mol. The van der Waals surface area contributed by atoms with E-state index >= 15 is 0 Å². The molecule has 2 aliphatic rings. The quantitative estimate of drug-likeness (QED) is 0.693. The van der Waals surface area contributed by atoms with Crippen molar-refractivity contribution in [2.75, 3.05) is 59.5 Å². The van der Waals surface area contributed by atoms with E-state index in [2.05, 4.69) is 9.80 Å². The molecule has 1 aliphatic heterocycles. The Labute approximate surface area is 109 Å². The van der Waals surface area contributed by atoms with Crippen LogP contribution in [-0.2, 0) is 4.79 Å². The molecule has 18 heavy (non-hydrogen) atoms. The highest BCUT2D eigenvalue weighted by molar-refractivity contribution is 5.78. The Bertz CT molecular complexity index is 273. The van der Waals surface area contributed by atoms with E-state index in [0.717, 1.165) is 45.2 Å². The highest BCUT2D eigenvalue weighted by Gasteiger charge is 2.26. The number of carbonyl (C=O) groups is 1. The fourth-order valence-corrected chi connectivity index (χ4v) is 2.41. The van der Waals surface area contributed by atoms with Crippen LogP contribution in [-0.4, -0.2) is 85.2 Å². The molecule has 1 saturated heterocycles. The van der Waals surface area contributed by atoms with E-state index in [1.54, 1.807) is 0 Å². The van der Waals surface area contributed by atoms with Gasteiger partial charge in [-0.05, 0) is 18.8 Å². The van der Waals surface area contributed by atoms with Crippen LogP contribution in [0.25, 0.3) is 0 Å². The molecule has 0 atom stereocenters. The summed E-state index contributed by atoms with van der Waals surface area (Å²) in [4.78, 5) is 18.4. The van der Waals surface area contributed by atoms with E-state index in [1.165, 1.54) is 12.8 Å². The van der Waals surface area contributed by atoms with Gasteiger partial charge in [0.1, 0.15) is 0 Å². The van der Waals surface area contributed by atoms with Crippen molar-refractivity contribution < 1.29 is 9.90 Å². The minimum Gasteiger partial charge on any atom is -0.395 e. The minimum absolute atomic E-state index is 0.225. The summed E-state index contributed by atoms with van der Waals surface area (Å²) < 4.78 is 0. The lowest BCUT2D eigenvalue weighted by Crippen LogP contribution is -2.50. The highest BCUT2D eigenvalue weighted by Crippen LogP contribution is 2.29. The molecule has 2 rings (SSSR count). The Morgan fingerprint density at radius 2 is 1.83 bits per heavy atom. The van der Waals surface area contributed by atoms with E-state index in [9.17, 15) is 4.79 Å². The topological polar surface area (TPSA) is 47.0 Å². The van der Waals surface area contributed by atoms with Crippen LogP contribution in [0.1, 0.15) is 12.8 Å².